The van der Waals surface area contributed by atoms with Crippen LogP contribution in [0.15, 0.2) is 70.5 Å². The summed E-state index contributed by atoms with van der Waals surface area (Å²) in [7, 11) is -9.01. The number of rotatable bonds is 46. The number of hydrogen-bond acceptors (Lipinski definition) is 6. The molecule has 4 aromatic rings. The van der Waals surface area contributed by atoms with E-state index in [0.717, 1.165) is 86.1 Å². The average molecular weight is 1230 g/mol. The van der Waals surface area contributed by atoms with Crippen LogP contribution in [-0.4, -0.2) is 74.8 Å². The maximum atomic E-state index is 12.0. The zero-order valence-corrected chi connectivity index (χ0v) is 55.9. The number of aryl methyl sites for hydroxylation is 4. The number of benzene rings is 4. The second-order valence-corrected chi connectivity index (χ2v) is 25.6. The van der Waals surface area contributed by atoms with E-state index in [4.69, 9.17) is 0 Å². The van der Waals surface area contributed by atoms with Crippen molar-refractivity contribution < 1.29 is 25.9 Å². The van der Waals surface area contributed by atoms with Crippen molar-refractivity contribution >= 4 is 90.7 Å². The van der Waals surface area contributed by atoms with E-state index in [1.165, 1.54) is 229 Å². The quantitative estimate of drug-likeness (QED) is 0.0247. The molecule has 0 saturated carbocycles. The molecule has 0 saturated heterocycles. The van der Waals surface area contributed by atoms with Crippen LogP contribution in [0.3, 0.4) is 0 Å². The van der Waals surface area contributed by atoms with Crippen LogP contribution >= 0.6 is 0 Å². The van der Waals surface area contributed by atoms with E-state index in [9.17, 15) is 25.9 Å². The predicted molar refractivity (Wildman–Crippen MR) is 332 cm³/mol. The van der Waals surface area contributed by atoms with E-state index < -0.39 is 20.2 Å². The molecular formula is C68H110BaO6S2. The van der Waals surface area contributed by atoms with Crippen molar-refractivity contribution in [3.05, 3.63) is 82.9 Å². The van der Waals surface area contributed by atoms with Crippen molar-refractivity contribution in [3.63, 3.8) is 0 Å². The number of unbranched alkanes of at least 4 members (excludes halogenated alkanes) is 36. The van der Waals surface area contributed by atoms with Crippen molar-refractivity contribution in [3.8, 4) is 0 Å². The van der Waals surface area contributed by atoms with Gasteiger partial charge in [-0.3, -0.25) is 0 Å². The zero-order valence-electron chi connectivity index (χ0n) is 49.9. The molecule has 0 heterocycles. The number of fused-ring (bicyclic) bond motifs is 2. The minimum Gasteiger partial charge on any atom is -0.744 e. The molecular weight excluding hydrogens is 1110 g/mol. The molecule has 4 aromatic carbocycles. The molecule has 0 aliphatic rings. The summed E-state index contributed by atoms with van der Waals surface area (Å²) >= 11 is 0. The molecule has 0 amide bonds. The molecule has 9 heteroatoms. The van der Waals surface area contributed by atoms with Crippen LogP contribution in [0.1, 0.15) is 307 Å². The first-order chi connectivity index (χ1) is 36.9. The third-order valence-corrected chi connectivity index (χ3v) is 17.6. The van der Waals surface area contributed by atoms with E-state index in [0.29, 0.717) is 10.8 Å². The van der Waals surface area contributed by atoms with Crippen molar-refractivity contribution in [2.75, 3.05) is 0 Å². The van der Waals surface area contributed by atoms with Gasteiger partial charge in [0.1, 0.15) is 20.2 Å². The Labute approximate surface area is 514 Å². The Hall–Kier alpha value is -1.21. The summed E-state index contributed by atoms with van der Waals surface area (Å²) in [6, 6.07) is 19.4. The van der Waals surface area contributed by atoms with Crippen LogP contribution < -0.4 is 0 Å². The Kier molecular flexibility index (Phi) is 42.3. The van der Waals surface area contributed by atoms with Gasteiger partial charge in [0.15, 0.2) is 0 Å². The van der Waals surface area contributed by atoms with Crippen molar-refractivity contribution in [2.24, 2.45) is 0 Å². The van der Waals surface area contributed by atoms with Gasteiger partial charge in [-0.05, 0) is 107 Å². The summed E-state index contributed by atoms with van der Waals surface area (Å²) in [5, 5.41) is 2.93. The van der Waals surface area contributed by atoms with Gasteiger partial charge < -0.3 is 9.11 Å². The summed E-state index contributed by atoms with van der Waals surface area (Å²) in [5.41, 5.74) is 4.43. The first-order valence-corrected chi connectivity index (χ1v) is 34.8. The summed E-state index contributed by atoms with van der Waals surface area (Å²) < 4.78 is 72.2. The molecule has 0 aromatic heterocycles. The molecule has 0 atom stereocenters. The van der Waals surface area contributed by atoms with Gasteiger partial charge in [0.05, 0.1) is 9.79 Å². The van der Waals surface area contributed by atoms with Gasteiger partial charge in [0, 0.05) is 0 Å². The van der Waals surface area contributed by atoms with Gasteiger partial charge in [-0.2, -0.15) is 0 Å². The van der Waals surface area contributed by atoms with E-state index in [-0.39, 0.29) is 58.7 Å². The molecule has 0 aliphatic carbocycles. The molecule has 0 N–H and O–H groups in total. The van der Waals surface area contributed by atoms with Crippen LogP contribution in [0.5, 0.6) is 0 Å². The minimum atomic E-state index is -4.50. The minimum absolute atomic E-state index is 0. The Morgan fingerprint density at radius 3 is 0.688 bits per heavy atom. The third kappa shape index (κ3) is 33.5. The number of hydrogen-bond donors (Lipinski definition) is 0. The van der Waals surface area contributed by atoms with Gasteiger partial charge >= 0.3 is 48.9 Å². The maximum Gasteiger partial charge on any atom is 2.00 e. The van der Waals surface area contributed by atoms with E-state index in [1.54, 1.807) is 12.1 Å². The molecule has 77 heavy (non-hydrogen) atoms. The normalized spacial score (nSPS) is 11.8. The van der Waals surface area contributed by atoms with E-state index in [2.05, 4.69) is 52.0 Å². The second kappa shape index (κ2) is 45.3. The summed E-state index contributed by atoms with van der Waals surface area (Å²) in [6.07, 6.45) is 55.6. The molecule has 0 unspecified atom stereocenters. The van der Waals surface area contributed by atoms with Gasteiger partial charge in [-0.1, -0.05) is 307 Å². The van der Waals surface area contributed by atoms with Gasteiger partial charge in [0.25, 0.3) is 0 Å². The molecule has 432 valence electrons. The Morgan fingerprint density at radius 2 is 0.468 bits per heavy atom. The topological polar surface area (TPSA) is 114 Å². The average Bonchev–Trinajstić information content (AvgIpc) is 3.40. The maximum absolute atomic E-state index is 12.0. The SMILES string of the molecule is CCCCCCCCCCCCc1ccc2c(S(=O)(=O)[O-])cc(CCCCCCCCCCCC)cc2c1.CCCCCCCCCCCCc1ccc2c(S(=O)(=O)[O-])cc(CCCCCCCCCCCC)cc2c1.[Ba+2]. The largest absolute Gasteiger partial charge is 2.00 e. The molecule has 4 rings (SSSR count). The fourth-order valence-corrected chi connectivity index (χ4v) is 12.7. The first-order valence-electron chi connectivity index (χ1n) is 31.9. The van der Waals surface area contributed by atoms with Crippen molar-refractivity contribution in [1.29, 1.82) is 0 Å². The predicted octanol–water partition coefficient (Wildman–Crippen LogP) is 21.0. The molecule has 0 fully saturated rings. The first kappa shape index (κ1) is 71.9. The second-order valence-electron chi connectivity index (χ2n) is 22.9. The van der Waals surface area contributed by atoms with Crippen LogP contribution in [0.4, 0.5) is 0 Å². The summed E-state index contributed by atoms with van der Waals surface area (Å²) in [5.74, 6) is 0. The summed E-state index contributed by atoms with van der Waals surface area (Å²) in [6.45, 7) is 9.03. The Morgan fingerprint density at radius 1 is 0.273 bits per heavy atom. The van der Waals surface area contributed by atoms with Gasteiger partial charge in [-0.15, -0.1) is 0 Å². The van der Waals surface area contributed by atoms with Crippen LogP contribution in [0.25, 0.3) is 21.5 Å². The molecule has 0 spiro atoms. The molecule has 0 radical (unpaired) electrons. The zero-order chi connectivity index (χ0) is 55.0. The van der Waals surface area contributed by atoms with Crippen LogP contribution in [0, 0.1) is 0 Å². The smallest absolute Gasteiger partial charge is 0.744 e. The molecule has 0 aliphatic heterocycles. The van der Waals surface area contributed by atoms with Crippen molar-refractivity contribution in [2.45, 2.75) is 320 Å². The van der Waals surface area contributed by atoms with Crippen molar-refractivity contribution in [1.82, 2.24) is 0 Å². The standard InChI is InChI=1S/2C34H56O3S.Ba/c2*1-3-5-7-9-11-13-15-17-19-21-23-30-25-26-33-32(27-30)28-31(29-34(33)38(35,36)37)24-22-20-18-16-14-12-10-8-6-4-2;/h2*25-29H,3-24H2,1-2H3,(H,35,36,37);/q;;+2/p-2. The van der Waals surface area contributed by atoms with Gasteiger partial charge in [0.2, 0.25) is 0 Å². The molecule has 0 bridgehead atoms. The Balaban J connectivity index is 0.000000520. The fraction of sp³-hybridized carbons (Fsp3) is 0.706. The van der Waals surface area contributed by atoms with Crippen LogP contribution in [-0.2, 0) is 45.9 Å². The van der Waals surface area contributed by atoms with Crippen LogP contribution in [0.2, 0.25) is 0 Å². The monoisotopic (exact) mass is 1220 g/mol. The fourth-order valence-electron chi connectivity index (χ4n) is 11.2. The van der Waals surface area contributed by atoms with Gasteiger partial charge in [-0.25, -0.2) is 16.8 Å². The summed E-state index contributed by atoms with van der Waals surface area (Å²) in [4.78, 5) is -0.106. The third-order valence-electron chi connectivity index (χ3n) is 15.9. The molecule has 6 nitrogen and oxygen atoms in total. The van der Waals surface area contributed by atoms with E-state index >= 15 is 0 Å². The van der Waals surface area contributed by atoms with E-state index in [1.807, 2.05) is 24.3 Å². The Bertz CT molecular complexity index is 2150.